The molecule has 1 aromatic carbocycles. The third kappa shape index (κ3) is 5.48. The van der Waals surface area contributed by atoms with Crippen molar-refractivity contribution in [2.75, 3.05) is 19.6 Å². The molecule has 1 atom stereocenters. The van der Waals surface area contributed by atoms with E-state index in [1.807, 2.05) is 23.1 Å². The van der Waals surface area contributed by atoms with Gasteiger partial charge in [-0.2, -0.15) is 0 Å². The molecule has 0 spiro atoms. The van der Waals surface area contributed by atoms with Gasteiger partial charge in [0.15, 0.2) is 0 Å². The van der Waals surface area contributed by atoms with Crippen molar-refractivity contribution < 1.29 is 9.53 Å². The molecule has 0 aliphatic carbocycles. The first-order valence-corrected chi connectivity index (χ1v) is 8.48. The van der Waals surface area contributed by atoms with E-state index < -0.39 is 0 Å². The van der Waals surface area contributed by atoms with E-state index in [9.17, 15) is 4.79 Å². The van der Waals surface area contributed by atoms with E-state index in [0.29, 0.717) is 25.0 Å². The van der Waals surface area contributed by atoms with Crippen LogP contribution in [-0.4, -0.2) is 42.6 Å². The molecule has 2 fully saturated rings. The van der Waals surface area contributed by atoms with Crippen molar-refractivity contribution in [1.82, 2.24) is 10.2 Å². The summed E-state index contributed by atoms with van der Waals surface area (Å²) in [6.45, 7) is 3.41. The van der Waals surface area contributed by atoms with Crippen LogP contribution < -0.4 is 5.32 Å². The van der Waals surface area contributed by atoms with Crippen LogP contribution in [0.25, 0.3) is 0 Å². The first kappa shape index (κ1) is 18.2. The molecule has 5 heteroatoms. The first-order chi connectivity index (χ1) is 10.8. The molecule has 3 rings (SSSR count). The Hall–Kier alpha value is -1.10. The number of carbonyl (C=O) groups is 1. The van der Waals surface area contributed by atoms with Crippen molar-refractivity contribution in [3.8, 4) is 0 Å². The molecule has 1 N–H and O–H groups in total. The number of piperidine rings is 1. The van der Waals surface area contributed by atoms with Gasteiger partial charge >= 0.3 is 0 Å². The van der Waals surface area contributed by atoms with Gasteiger partial charge in [-0.3, -0.25) is 4.79 Å². The summed E-state index contributed by atoms with van der Waals surface area (Å²) in [5.74, 6) is 0.306. The van der Waals surface area contributed by atoms with E-state index in [1.54, 1.807) is 0 Å². The van der Waals surface area contributed by atoms with Crippen LogP contribution in [-0.2, 0) is 16.1 Å². The minimum absolute atomic E-state index is 0. The topological polar surface area (TPSA) is 41.6 Å². The molecular formula is C18H27ClN2O2. The smallest absolute Gasteiger partial charge is 0.224 e. The monoisotopic (exact) mass is 338 g/mol. The predicted molar refractivity (Wildman–Crippen MR) is 93.7 cm³/mol. The van der Waals surface area contributed by atoms with Crippen LogP contribution in [0.3, 0.4) is 0 Å². The quantitative estimate of drug-likeness (QED) is 0.897. The fraction of sp³-hybridized carbons (Fsp3) is 0.611. The van der Waals surface area contributed by atoms with Gasteiger partial charge < -0.3 is 15.0 Å². The van der Waals surface area contributed by atoms with Gasteiger partial charge in [-0.15, -0.1) is 12.4 Å². The van der Waals surface area contributed by atoms with Gasteiger partial charge in [-0.05, 0) is 37.8 Å². The fourth-order valence-corrected chi connectivity index (χ4v) is 3.33. The summed E-state index contributed by atoms with van der Waals surface area (Å²) in [7, 11) is 0. The number of nitrogens with one attached hydrogen (secondary N) is 1. The van der Waals surface area contributed by atoms with Crippen LogP contribution >= 0.6 is 12.4 Å². The van der Waals surface area contributed by atoms with Crippen molar-refractivity contribution in [3.63, 3.8) is 0 Å². The normalized spacial score (nSPS) is 21.9. The first-order valence-electron chi connectivity index (χ1n) is 8.48. The number of halogens is 1. The molecule has 4 nitrogen and oxygen atoms in total. The Morgan fingerprint density at radius 1 is 1.17 bits per heavy atom. The lowest BCUT2D eigenvalue weighted by Gasteiger charge is -2.32. The molecule has 0 saturated carbocycles. The van der Waals surface area contributed by atoms with Crippen molar-refractivity contribution in [3.05, 3.63) is 35.9 Å². The predicted octanol–water partition coefficient (Wildman–Crippen LogP) is 2.76. The number of ether oxygens (including phenoxy) is 1. The van der Waals surface area contributed by atoms with Crippen molar-refractivity contribution in [2.24, 2.45) is 0 Å². The van der Waals surface area contributed by atoms with E-state index in [4.69, 9.17) is 4.74 Å². The highest BCUT2D eigenvalue weighted by atomic mass is 35.5. The summed E-state index contributed by atoms with van der Waals surface area (Å²) >= 11 is 0. The molecule has 23 heavy (non-hydrogen) atoms. The van der Waals surface area contributed by atoms with Crippen molar-refractivity contribution >= 4 is 18.3 Å². The van der Waals surface area contributed by atoms with Gasteiger partial charge in [-0.1, -0.05) is 30.3 Å². The third-order valence-electron chi connectivity index (χ3n) is 4.71. The van der Waals surface area contributed by atoms with E-state index in [2.05, 4.69) is 17.4 Å². The van der Waals surface area contributed by atoms with Crippen LogP contribution in [0.4, 0.5) is 0 Å². The number of likely N-dealkylation sites (tertiary alicyclic amines) is 1. The molecule has 0 aromatic heterocycles. The largest absolute Gasteiger partial charge is 0.373 e. The molecule has 2 aliphatic rings. The minimum Gasteiger partial charge on any atom is -0.373 e. The zero-order valence-electron chi connectivity index (χ0n) is 13.6. The second-order valence-corrected chi connectivity index (χ2v) is 6.37. The lowest BCUT2D eigenvalue weighted by atomic mass is 10.1. The highest BCUT2D eigenvalue weighted by molar-refractivity contribution is 5.85. The molecule has 1 aromatic rings. The number of nitrogens with zero attached hydrogens (tertiary/aromatic N) is 1. The highest BCUT2D eigenvalue weighted by Crippen LogP contribution is 2.18. The summed E-state index contributed by atoms with van der Waals surface area (Å²) in [5.41, 5.74) is 1.22. The van der Waals surface area contributed by atoms with Crippen LogP contribution in [0, 0.1) is 0 Å². The number of hydrogen-bond acceptors (Lipinski definition) is 3. The number of rotatable bonds is 5. The molecule has 0 bridgehead atoms. The van der Waals surface area contributed by atoms with Crippen LogP contribution in [0.5, 0.6) is 0 Å². The van der Waals surface area contributed by atoms with Gasteiger partial charge in [0.25, 0.3) is 0 Å². The lowest BCUT2D eigenvalue weighted by molar-refractivity contribution is -0.134. The minimum atomic E-state index is 0. The Labute approximate surface area is 145 Å². The number of benzene rings is 1. The summed E-state index contributed by atoms with van der Waals surface area (Å²) in [6, 6.07) is 10.7. The molecule has 128 valence electrons. The van der Waals surface area contributed by atoms with Crippen LogP contribution in [0.2, 0.25) is 0 Å². The molecule has 2 saturated heterocycles. The summed E-state index contributed by atoms with van der Waals surface area (Å²) in [4.78, 5) is 14.3. The van der Waals surface area contributed by atoms with E-state index >= 15 is 0 Å². The fourth-order valence-electron chi connectivity index (χ4n) is 3.33. The Bertz CT molecular complexity index is 469. The van der Waals surface area contributed by atoms with Gasteiger partial charge in [0.2, 0.25) is 5.91 Å². The van der Waals surface area contributed by atoms with Crippen molar-refractivity contribution in [2.45, 2.75) is 50.9 Å². The molecule has 2 heterocycles. The Morgan fingerprint density at radius 3 is 2.57 bits per heavy atom. The summed E-state index contributed by atoms with van der Waals surface area (Å²) in [6.07, 6.45) is 5.20. The van der Waals surface area contributed by atoms with Crippen LogP contribution in [0.15, 0.2) is 30.3 Å². The van der Waals surface area contributed by atoms with Gasteiger partial charge in [0, 0.05) is 25.6 Å². The second kappa shape index (κ2) is 9.26. The summed E-state index contributed by atoms with van der Waals surface area (Å²) < 4.78 is 5.98. The van der Waals surface area contributed by atoms with Gasteiger partial charge in [0.05, 0.1) is 12.7 Å². The van der Waals surface area contributed by atoms with E-state index in [-0.39, 0.29) is 18.5 Å². The van der Waals surface area contributed by atoms with E-state index in [0.717, 1.165) is 38.9 Å². The maximum Gasteiger partial charge on any atom is 0.224 e. The molecule has 1 unspecified atom stereocenters. The Balaban J connectivity index is 0.00000192. The standard InChI is InChI=1S/C18H26N2O2.ClH/c21-18(13-16-7-4-10-19-16)20-11-8-17(9-12-20)22-14-15-5-2-1-3-6-15;/h1-3,5-6,16-17,19H,4,7-14H2;1H. The maximum atomic E-state index is 12.3. The molecule has 2 aliphatic heterocycles. The van der Waals surface area contributed by atoms with Gasteiger partial charge in [-0.25, -0.2) is 0 Å². The number of hydrogen-bond donors (Lipinski definition) is 1. The number of amides is 1. The summed E-state index contributed by atoms with van der Waals surface area (Å²) in [5, 5.41) is 3.40. The van der Waals surface area contributed by atoms with Gasteiger partial charge in [0.1, 0.15) is 0 Å². The Kier molecular flexibility index (Phi) is 7.34. The average molecular weight is 339 g/mol. The SMILES string of the molecule is Cl.O=C(CC1CCCN1)N1CCC(OCc2ccccc2)CC1. The molecule has 1 amide bonds. The highest BCUT2D eigenvalue weighted by Gasteiger charge is 2.26. The average Bonchev–Trinajstić information content (AvgIpc) is 3.07. The number of carbonyl (C=O) groups excluding carboxylic acids is 1. The molecule has 0 radical (unpaired) electrons. The maximum absolute atomic E-state index is 12.3. The van der Waals surface area contributed by atoms with Crippen molar-refractivity contribution in [1.29, 1.82) is 0 Å². The lowest BCUT2D eigenvalue weighted by Crippen LogP contribution is -2.42. The Morgan fingerprint density at radius 2 is 1.91 bits per heavy atom. The van der Waals surface area contributed by atoms with E-state index in [1.165, 1.54) is 12.0 Å². The zero-order chi connectivity index (χ0) is 15.2. The zero-order valence-corrected chi connectivity index (χ0v) is 14.4. The third-order valence-corrected chi connectivity index (χ3v) is 4.71. The van der Waals surface area contributed by atoms with Crippen LogP contribution in [0.1, 0.15) is 37.7 Å². The second-order valence-electron chi connectivity index (χ2n) is 6.37. The molecular weight excluding hydrogens is 312 g/mol.